The van der Waals surface area contributed by atoms with Gasteiger partial charge in [-0.2, -0.15) is 0 Å². The summed E-state index contributed by atoms with van der Waals surface area (Å²) >= 11 is 0. The lowest BCUT2D eigenvalue weighted by atomic mass is 9.92. The first-order chi connectivity index (χ1) is 15.0. The zero-order chi connectivity index (χ0) is 23.2. The van der Waals surface area contributed by atoms with E-state index in [9.17, 15) is 9.90 Å². The van der Waals surface area contributed by atoms with Crippen molar-refractivity contribution in [3.05, 3.63) is 82.7 Å². The maximum atomic E-state index is 11.7. The third-order valence-corrected chi connectivity index (χ3v) is 5.94. The molecule has 0 saturated carbocycles. The summed E-state index contributed by atoms with van der Waals surface area (Å²) in [4.78, 5) is 16.7. The third-order valence-electron chi connectivity index (χ3n) is 5.94. The predicted molar refractivity (Wildman–Crippen MR) is 131 cm³/mol. The van der Waals surface area contributed by atoms with Crippen LogP contribution in [0.25, 0.3) is 27.8 Å². The van der Waals surface area contributed by atoms with Gasteiger partial charge in [0.1, 0.15) is 5.82 Å². The topological polar surface area (TPSA) is 55.1 Å². The molecule has 0 atom stereocenters. The summed E-state index contributed by atoms with van der Waals surface area (Å²) < 4.78 is 2.26. The first-order valence-electron chi connectivity index (χ1n) is 11.0. The Balaban J connectivity index is 1.92. The van der Waals surface area contributed by atoms with Crippen molar-refractivity contribution in [2.24, 2.45) is 5.41 Å². The SMILES string of the molecule is Cc1cc2nc(CC(C)(C)C)n(-c3ccc(-c4ccccc4C(=O)O)c(C)c3)c2cc1C. The molecular weight excluding hydrogens is 396 g/mol. The fourth-order valence-corrected chi connectivity index (χ4v) is 4.26. The molecule has 0 unspecified atom stereocenters. The molecule has 0 fully saturated rings. The number of imidazole rings is 1. The molecule has 0 spiro atoms. The first-order valence-corrected chi connectivity index (χ1v) is 11.0. The molecule has 0 aliphatic rings. The highest BCUT2D eigenvalue weighted by Crippen LogP contribution is 2.32. The van der Waals surface area contributed by atoms with Gasteiger partial charge in [-0.15, -0.1) is 0 Å². The van der Waals surface area contributed by atoms with Crippen molar-refractivity contribution in [2.75, 3.05) is 0 Å². The second-order valence-corrected chi connectivity index (χ2v) is 9.88. The van der Waals surface area contributed by atoms with E-state index in [1.165, 1.54) is 11.1 Å². The highest BCUT2D eigenvalue weighted by atomic mass is 16.4. The molecule has 0 saturated heterocycles. The van der Waals surface area contributed by atoms with Gasteiger partial charge in [-0.25, -0.2) is 9.78 Å². The molecule has 4 heteroatoms. The number of carboxylic acids is 1. The van der Waals surface area contributed by atoms with Gasteiger partial charge in [0, 0.05) is 12.1 Å². The average Bonchev–Trinajstić information content (AvgIpc) is 3.03. The Morgan fingerprint density at radius 1 is 0.906 bits per heavy atom. The number of carbonyl (C=O) groups is 1. The molecule has 4 nitrogen and oxygen atoms in total. The molecule has 32 heavy (non-hydrogen) atoms. The Labute approximate surface area is 189 Å². The number of hydrogen-bond donors (Lipinski definition) is 1. The van der Waals surface area contributed by atoms with E-state index in [-0.39, 0.29) is 5.41 Å². The van der Waals surface area contributed by atoms with Crippen molar-refractivity contribution < 1.29 is 9.90 Å². The van der Waals surface area contributed by atoms with Crippen molar-refractivity contribution in [3.8, 4) is 16.8 Å². The van der Waals surface area contributed by atoms with E-state index in [0.29, 0.717) is 5.56 Å². The Hall–Kier alpha value is -3.40. The summed E-state index contributed by atoms with van der Waals surface area (Å²) in [5, 5.41) is 9.62. The van der Waals surface area contributed by atoms with Gasteiger partial charge in [-0.3, -0.25) is 4.57 Å². The van der Waals surface area contributed by atoms with E-state index in [1.54, 1.807) is 12.1 Å². The van der Waals surface area contributed by atoms with E-state index >= 15 is 0 Å². The number of fused-ring (bicyclic) bond motifs is 1. The lowest BCUT2D eigenvalue weighted by molar-refractivity contribution is 0.0697. The summed E-state index contributed by atoms with van der Waals surface area (Å²) in [7, 11) is 0. The normalized spacial score (nSPS) is 11.8. The molecule has 1 heterocycles. The Bertz CT molecular complexity index is 1340. The standard InChI is InChI=1S/C28H30N2O2/c1-17-14-24-25(15-18(17)2)30(26(29-24)16-28(4,5)6)20-11-12-21(19(3)13-20)22-9-7-8-10-23(22)27(31)32/h7-15H,16H2,1-6H3,(H,31,32). The molecule has 164 valence electrons. The van der Waals surface area contributed by atoms with E-state index in [2.05, 4.69) is 63.5 Å². The molecule has 1 N–H and O–H groups in total. The molecule has 0 radical (unpaired) electrons. The largest absolute Gasteiger partial charge is 0.478 e. The van der Waals surface area contributed by atoms with E-state index < -0.39 is 5.97 Å². The highest BCUT2D eigenvalue weighted by molar-refractivity contribution is 5.96. The van der Waals surface area contributed by atoms with Crippen LogP contribution in [0, 0.1) is 26.2 Å². The van der Waals surface area contributed by atoms with Gasteiger partial charge < -0.3 is 5.11 Å². The van der Waals surface area contributed by atoms with Crippen LogP contribution < -0.4 is 0 Å². The number of aromatic carboxylic acids is 1. The predicted octanol–water partition coefficient (Wildman–Crippen LogP) is 6.90. The number of carboxylic acid groups (broad SMARTS) is 1. The first kappa shape index (κ1) is 21.8. The average molecular weight is 427 g/mol. The zero-order valence-corrected chi connectivity index (χ0v) is 19.7. The van der Waals surface area contributed by atoms with Gasteiger partial charge in [0.2, 0.25) is 0 Å². The van der Waals surface area contributed by atoms with E-state index in [1.807, 2.05) is 25.1 Å². The van der Waals surface area contributed by atoms with Gasteiger partial charge in [0.15, 0.2) is 0 Å². The third kappa shape index (κ3) is 4.05. The maximum absolute atomic E-state index is 11.7. The van der Waals surface area contributed by atoms with E-state index in [4.69, 9.17) is 4.98 Å². The van der Waals surface area contributed by atoms with Crippen molar-refractivity contribution in [2.45, 2.75) is 48.0 Å². The minimum Gasteiger partial charge on any atom is -0.478 e. The van der Waals surface area contributed by atoms with Crippen molar-refractivity contribution in [3.63, 3.8) is 0 Å². The van der Waals surface area contributed by atoms with Crippen LogP contribution in [0.5, 0.6) is 0 Å². The molecule has 0 aliphatic carbocycles. The van der Waals surface area contributed by atoms with Crippen LogP contribution in [0.4, 0.5) is 0 Å². The van der Waals surface area contributed by atoms with Gasteiger partial charge in [-0.1, -0.05) is 45.0 Å². The molecule has 4 rings (SSSR count). The summed E-state index contributed by atoms with van der Waals surface area (Å²) in [5.74, 6) is 0.124. The molecule has 0 bridgehead atoms. The lowest BCUT2D eigenvalue weighted by Gasteiger charge is -2.20. The Morgan fingerprint density at radius 3 is 2.25 bits per heavy atom. The monoisotopic (exact) mass is 426 g/mol. The minimum atomic E-state index is -0.914. The fraction of sp³-hybridized carbons (Fsp3) is 0.286. The maximum Gasteiger partial charge on any atom is 0.336 e. The second kappa shape index (κ2) is 7.94. The number of aromatic nitrogens is 2. The fourth-order valence-electron chi connectivity index (χ4n) is 4.26. The highest BCUT2D eigenvalue weighted by Gasteiger charge is 2.21. The number of benzene rings is 3. The molecule has 3 aromatic carbocycles. The lowest BCUT2D eigenvalue weighted by Crippen LogP contribution is -2.14. The molecule has 0 amide bonds. The van der Waals surface area contributed by atoms with Crippen LogP contribution in [-0.2, 0) is 6.42 Å². The Kier molecular flexibility index (Phi) is 5.41. The van der Waals surface area contributed by atoms with Crippen LogP contribution >= 0.6 is 0 Å². The van der Waals surface area contributed by atoms with Crippen LogP contribution in [0.2, 0.25) is 0 Å². The summed E-state index contributed by atoms with van der Waals surface area (Å²) in [6, 6.07) is 17.8. The molecule has 1 aromatic heterocycles. The van der Waals surface area contributed by atoms with Crippen LogP contribution in [-0.4, -0.2) is 20.6 Å². The smallest absolute Gasteiger partial charge is 0.336 e. The van der Waals surface area contributed by atoms with Gasteiger partial charge >= 0.3 is 5.97 Å². The van der Waals surface area contributed by atoms with Crippen molar-refractivity contribution >= 4 is 17.0 Å². The summed E-state index contributed by atoms with van der Waals surface area (Å²) in [6.45, 7) is 13.0. The number of nitrogens with zero attached hydrogens (tertiary/aromatic N) is 2. The van der Waals surface area contributed by atoms with Crippen LogP contribution in [0.3, 0.4) is 0 Å². The summed E-state index contributed by atoms with van der Waals surface area (Å²) in [6.07, 6.45) is 0.850. The number of hydrogen-bond acceptors (Lipinski definition) is 2. The second-order valence-electron chi connectivity index (χ2n) is 9.88. The van der Waals surface area contributed by atoms with Crippen LogP contribution in [0.1, 0.15) is 53.6 Å². The quantitative estimate of drug-likeness (QED) is 0.386. The van der Waals surface area contributed by atoms with Gasteiger partial charge in [0.05, 0.1) is 16.6 Å². The number of aryl methyl sites for hydroxylation is 3. The Morgan fingerprint density at radius 2 is 1.59 bits per heavy atom. The van der Waals surface area contributed by atoms with Crippen LogP contribution in [0.15, 0.2) is 54.6 Å². The molecular formula is C28H30N2O2. The summed E-state index contributed by atoms with van der Waals surface area (Å²) in [5.41, 5.74) is 8.74. The van der Waals surface area contributed by atoms with Gasteiger partial charge in [0.25, 0.3) is 0 Å². The zero-order valence-electron chi connectivity index (χ0n) is 19.7. The van der Waals surface area contributed by atoms with Gasteiger partial charge in [-0.05, 0) is 84.3 Å². The minimum absolute atomic E-state index is 0.0959. The molecule has 0 aliphatic heterocycles. The molecule has 4 aromatic rings. The van der Waals surface area contributed by atoms with Crippen molar-refractivity contribution in [1.29, 1.82) is 0 Å². The van der Waals surface area contributed by atoms with E-state index in [0.717, 1.165) is 45.7 Å². The van der Waals surface area contributed by atoms with Crippen molar-refractivity contribution in [1.82, 2.24) is 9.55 Å². The number of rotatable bonds is 4.